The van der Waals surface area contributed by atoms with E-state index in [1.807, 2.05) is 59.5 Å². The number of amides is 1. The lowest BCUT2D eigenvalue weighted by molar-refractivity contribution is 0.0303. The molecule has 6 heteroatoms. The maximum atomic E-state index is 12.5. The van der Waals surface area contributed by atoms with Crippen molar-refractivity contribution in [1.29, 1.82) is 0 Å². The number of pyridine rings is 1. The van der Waals surface area contributed by atoms with Crippen LogP contribution >= 0.6 is 15.9 Å². The summed E-state index contributed by atoms with van der Waals surface area (Å²) in [6.45, 7) is 2.51. The van der Waals surface area contributed by atoms with Gasteiger partial charge in [0.25, 0.3) is 5.91 Å². The van der Waals surface area contributed by atoms with Crippen molar-refractivity contribution in [3.63, 3.8) is 0 Å². The van der Waals surface area contributed by atoms with Crippen molar-refractivity contribution in [3.8, 4) is 0 Å². The molecule has 1 N–H and O–H groups in total. The van der Waals surface area contributed by atoms with Gasteiger partial charge in [-0.15, -0.1) is 0 Å². The van der Waals surface area contributed by atoms with Gasteiger partial charge in [-0.25, -0.2) is 4.98 Å². The number of rotatable bonds is 3. The van der Waals surface area contributed by atoms with Crippen molar-refractivity contribution in [2.75, 3.05) is 31.6 Å². The highest BCUT2D eigenvalue weighted by Gasteiger charge is 2.18. The smallest absolute Gasteiger partial charge is 0.254 e. The second-order valence-corrected chi connectivity index (χ2v) is 7.06. The number of hydrogen-bond acceptors (Lipinski definition) is 4. The molecule has 4 rings (SSSR count). The maximum absolute atomic E-state index is 12.5. The molecule has 0 unspecified atom stereocenters. The van der Waals surface area contributed by atoms with Crippen molar-refractivity contribution in [2.45, 2.75) is 0 Å². The van der Waals surface area contributed by atoms with E-state index >= 15 is 0 Å². The van der Waals surface area contributed by atoms with Crippen molar-refractivity contribution in [3.05, 3.63) is 64.6 Å². The molecule has 1 amide bonds. The highest BCUT2D eigenvalue weighted by molar-refractivity contribution is 9.10. The minimum atomic E-state index is 0.0502. The number of carbonyl (C=O) groups excluding carboxylic acids is 1. The molecule has 1 fully saturated rings. The van der Waals surface area contributed by atoms with E-state index in [0.717, 1.165) is 26.9 Å². The number of fused-ring (bicyclic) bond motifs is 1. The third-order valence-electron chi connectivity index (χ3n) is 4.35. The Morgan fingerprint density at radius 2 is 1.81 bits per heavy atom. The predicted octanol–water partition coefficient (Wildman–Crippen LogP) is 4.21. The molecular weight excluding hydrogens is 394 g/mol. The minimum Gasteiger partial charge on any atom is -0.378 e. The first-order valence-electron chi connectivity index (χ1n) is 8.49. The summed E-state index contributed by atoms with van der Waals surface area (Å²) in [5.74, 6) is 0.821. The van der Waals surface area contributed by atoms with E-state index in [2.05, 4.69) is 26.2 Å². The van der Waals surface area contributed by atoms with Gasteiger partial charge in [0.1, 0.15) is 5.82 Å². The molecule has 0 atom stereocenters. The van der Waals surface area contributed by atoms with Crippen LogP contribution in [0, 0.1) is 0 Å². The average Bonchev–Trinajstić information content (AvgIpc) is 2.69. The maximum Gasteiger partial charge on any atom is 0.254 e. The van der Waals surface area contributed by atoms with Crippen LogP contribution in [0.3, 0.4) is 0 Å². The van der Waals surface area contributed by atoms with E-state index in [-0.39, 0.29) is 5.91 Å². The van der Waals surface area contributed by atoms with Gasteiger partial charge in [0.2, 0.25) is 0 Å². The van der Waals surface area contributed by atoms with Crippen LogP contribution in [0.2, 0.25) is 0 Å². The van der Waals surface area contributed by atoms with Crippen molar-refractivity contribution in [1.82, 2.24) is 9.88 Å². The minimum absolute atomic E-state index is 0.0502. The van der Waals surface area contributed by atoms with Gasteiger partial charge >= 0.3 is 0 Å². The van der Waals surface area contributed by atoms with Crippen LogP contribution in [0.15, 0.2) is 59.1 Å². The Balaban J connectivity index is 1.48. The molecule has 2 heterocycles. The summed E-state index contributed by atoms with van der Waals surface area (Å²) in [5.41, 5.74) is 2.51. The van der Waals surface area contributed by atoms with E-state index in [1.54, 1.807) is 0 Å². The second-order valence-electron chi connectivity index (χ2n) is 6.14. The third kappa shape index (κ3) is 3.71. The number of hydrogen-bond donors (Lipinski definition) is 1. The Bertz CT molecular complexity index is 937. The van der Waals surface area contributed by atoms with E-state index in [4.69, 9.17) is 4.74 Å². The fourth-order valence-corrected chi connectivity index (χ4v) is 3.34. The lowest BCUT2D eigenvalue weighted by Gasteiger charge is -2.26. The molecule has 0 aliphatic carbocycles. The molecule has 0 saturated carbocycles. The van der Waals surface area contributed by atoms with E-state index in [9.17, 15) is 4.79 Å². The first-order chi connectivity index (χ1) is 12.7. The first kappa shape index (κ1) is 17.0. The molecule has 1 saturated heterocycles. The molecule has 3 aromatic rings. The number of anilines is 2. The molecule has 5 nitrogen and oxygen atoms in total. The average molecular weight is 412 g/mol. The Morgan fingerprint density at radius 1 is 1.04 bits per heavy atom. The van der Waals surface area contributed by atoms with Gasteiger partial charge < -0.3 is 15.0 Å². The molecule has 0 spiro atoms. The van der Waals surface area contributed by atoms with E-state index < -0.39 is 0 Å². The van der Waals surface area contributed by atoms with Gasteiger partial charge in [-0.3, -0.25) is 4.79 Å². The monoisotopic (exact) mass is 411 g/mol. The number of halogens is 1. The predicted molar refractivity (Wildman–Crippen MR) is 106 cm³/mol. The van der Waals surface area contributed by atoms with Gasteiger partial charge in [0, 0.05) is 34.2 Å². The zero-order valence-electron chi connectivity index (χ0n) is 14.1. The zero-order chi connectivity index (χ0) is 17.9. The van der Waals surface area contributed by atoms with Crippen molar-refractivity contribution in [2.24, 2.45) is 0 Å². The van der Waals surface area contributed by atoms with E-state index in [0.29, 0.717) is 31.9 Å². The highest BCUT2D eigenvalue weighted by Crippen LogP contribution is 2.22. The molecule has 1 aliphatic rings. The zero-order valence-corrected chi connectivity index (χ0v) is 15.7. The standard InChI is InChI=1S/C20H18BrN3O2/c21-16-4-7-18-15(13-16)3-8-19(23-18)22-17-5-1-14(2-6-17)20(25)24-9-11-26-12-10-24/h1-8,13H,9-12H2,(H,22,23). The van der Waals surface area contributed by atoms with Crippen LogP contribution in [0.1, 0.15) is 10.4 Å². The number of aromatic nitrogens is 1. The SMILES string of the molecule is O=C(c1ccc(Nc2ccc3cc(Br)ccc3n2)cc1)N1CCOCC1. The van der Waals surface area contributed by atoms with Gasteiger partial charge in [0.05, 0.1) is 18.7 Å². The molecule has 0 radical (unpaired) electrons. The Morgan fingerprint density at radius 3 is 2.58 bits per heavy atom. The summed E-state index contributed by atoms with van der Waals surface area (Å²) < 4.78 is 6.33. The summed E-state index contributed by atoms with van der Waals surface area (Å²) >= 11 is 3.47. The summed E-state index contributed by atoms with van der Waals surface area (Å²) in [4.78, 5) is 18.9. The van der Waals surface area contributed by atoms with Crippen molar-refractivity contribution < 1.29 is 9.53 Å². The van der Waals surface area contributed by atoms with Crippen molar-refractivity contribution >= 4 is 44.2 Å². The number of carbonyl (C=O) groups is 1. The fourth-order valence-electron chi connectivity index (χ4n) is 2.96. The Kier molecular flexibility index (Phi) is 4.86. The number of ether oxygens (including phenoxy) is 1. The molecule has 132 valence electrons. The lowest BCUT2D eigenvalue weighted by Crippen LogP contribution is -2.40. The van der Waals surface area contributed by atoms with Crippen LogP contribution in [0.25, 0.3) is 10.9 Å². The van der Waals surface area contributed by atoms with Gasteiger partial charge in [-0.05, 0) is 54.6 Å². The number of benzene rings is 2. The van der Waals surface area contributed by atoms with Gasteiger partial charge in [-0.2, -0.15) is 0 Å². The molecule has 2 aromatic carbocycles. The highest BCUT2D eigenvalue weighted by atomic mass is 79.9. The van der Waals surface area contributed by atoms with Gasteiger partial charge in [0.15, 0.2) is 0 Å². The Labute approximate surface area is 160 Å². The van der Waals surface area contributed by atoms with Crippen LogP contribution in [0.4, 0.5) is 11.5 Å². The number of nitrogens with zero attached hydrogens (tertiary/aromatic N) is 2. The van der Waals surface area contributed by atoms with Crippen LogP contribution < -0.4 is 5.32 Å². The second kappa shape index (κ2) is 7.43. The topological polar surface area (TPSA) is 54.5 Å². The number of nitrogens with one attached hydrogen (secondary N) is 1. The Hall–Kier alpha value is -2.44. The third-order valence-corrected chi connectivity index (χ3v) is 4.85. The van der Waals surface area contributed by atoms with Gasteiger partial charge in [-0.1, -0.05) is 15.9 Å². The van der Waals surface area contributed by atoms with Crippen LogP contribution in [0.5, 0.6) is 0 Å². The molecule has 1 aromatic heterocycles. The number of morpholine rings is 1. The fraction of sp³-hybridized carbons (Fsp3) is 0.200. The first-order valence-corrected chi connectivity index (χ1v) is 9.29. The lowest BCUT2D eigenvalue weighted by atomic mass is 10.1. The summed E-state index contributed by atoms with van der Waals surface area (Å²) in [7, 11) is 0. The quantitative estimate of drug-likeness (QED) is 0.700. The summed E-state index contributed by atoms with van der Waals surface area (Å²) in [6, 6.07) is 17.5. The normalized spacial score (nSPS) is 14.4. The summed E-state index contributed by atoms with van der Waals surface area (Å²) in [6.07, 6.45) is 0. The molecule has 26 heavy (non-hydrogen) atoms. The molecule has 1 aliphatic heterocycles. The van der Waals surface area contributed by atoms with E-state index in [1.165, 1.54) is 0 Å². The summed E-state index contributed by atoms with van der Waals surface area (Å²) in [5, 5.41) is 4.37. The largest absolute Gasteiger partial charge is 0.378 e. The molecular formula is C20H18BrN3O2. The van der Waals surface area contributed by atoms with Crippen LogP contribution in [-0.2, 0) is 4.74 Å². The van der Waals surface area contributed by atoms with Crippen LogP contribution in [-0.4, -0.2) is 42.1 Å². The molecule has 0 bridgehead atoms.